The molecule has 0 aromatic carbocycles. The number of hydrogen-bond acceptors (Lipinski definition) is 0. The Morgan fingerprint density at radius 3 is 1.86 bits per heavy atom. The van der Waals surface area contributed by atoms with Crippen molar-refractivity contribution in [1.29, 1.82) is 0 Å². The summed E-state index contributed by atoms with van der Waals surface area (Å²) in [6, 6.07) is 0. The molecule has 0 spiro atoms. The van der Waals surface area contributed by atoms with Gasteiger partial charge < -0.3 is 0 Å². The van der Waals surface area contributed by atoms with E-state index in [-0.39, 0.29) is 5.92 Å². The number of alkyl halides is 6. The summed E-state index contributed by atoms with van der Waals surface area (Å²) in [5, 5.41) is 0. The van der Waals surface area contributed by atoms with Crippen LogP contribution in [0, 0.1) is 5.92 Å². The van der Waals surface area contributed by atoms with Crippen LogP contribution in [0.4, 0.5) is 0 Å². The predicted octanol–water partition coefficient (Wildman–Crippen LogP) is 5.45. The first-order valence-corrected chi connectivity index (χ1v) is 6.24. The minimum Gasteiger partial charge on any atom is -0.0830 e. The van der Waals surface area contributed by atoms with Gasteiger partial charge in [-0.25, -0.2) is 0 Å². The van der Waals surface area contributed by atoms with Crippen molar-refractivity contribution in [3.05, 3.63) is 11.1 Å². The Morgan fingerprint density at radius 1 is 1.14 bits per heavy atom. The molecule has 0 saturated heterocycles. The molecule has 0 nitrogen and oxygen atoms in total. The molecule has 0 N–H and O–H groups in total. The summed E-state index contributed by atoms with van der Waals surface area (Å²) in [6.07, 6.45) is 1.66. The van der Waals surface area contributed by atoms with Crippen LogP contribution < -0.4 is 0 Å². The third-order valence-corrected chi connectivity index (χ3v) is 4.07. The molecule has 0 aliphatic heterocycles. The molecule has 6 heteroatoms. The van der Waals surface area contributed by atoms with Crippen molar-refractivity contribution >= 4 is 69.6 Å². The molecule has 0 amide bonds. The van der Waals surface area contributed by atoms with E-state index in [9.17, 15) is 0 Å². The van der Waals surface area contributed by atoms with Gasteiger partial charge in [0, 0.05) is 5.92 Å². The fraction of sp³-hybridized carbons (Fsp3) is 0.750. The van der Waals surface area contributed by atoms with E-state index in [2.05, 4.69) is 0 Å². The largest absolute Gasteiger partial charge is 0.212 e. The summed E-state index contributed by atoms with van der Waals surface area (Å²) in [5.41, 5.74) is 1.62. The summed E-state index contributed by atoms with van der Waals surface area (Å²) >= 11 is 34.6. The van der Waals surface area contributed by atoms with Gasteiger partial charge in [0.2, 0.25) is 3.79 Å². The molecule has 1 rings (SSSR count). The van der Waals surface area contributed by atoms with Crippen molar-refractivity contribution in [1.82, 2.24) is 0 Å². The second-order valence-electron chi connectivity index (χ2n) is 3.28. The van der Waals surface area contributed by atoms with E-state index in [0.29, 0.717) is 5.57 Å². The van der Waals surface area contributed by atoms with Crippen LogP contribution in [0.25, 0.3) is 0 Å². The summed E-state index contributed by atoms with van der Waals surface area (Å²) < 4.78 is -2.70. The Kier molecular flexibility index (Phi) is 4.25. The molecule has 1 unspecified atom stereocenters. The van der Waals surface area contributed by atoms with Crippen LogP contribution in [0.15, 0.2) is 11.1 Å². The zero-order valence-corrected chi connectivity index (χ0v) is 11.8. The van der Waals surface area contributed by atoms with Crippen molar-refractivity contribution in [3.63, 3.8) is 0 Å². The van der Waals surface area contributed by atoms with Crippen molar-refractivity contribution in [3.8, 4) is 0 Å². The Hall–Kier alpha value is 1.48. The van der Waals surface area contributed by atoms with Crippen LogP contribution in [0.5, 0.6) is 0 Å². The average molecular weight is 317 g/mol. The van der Waals surface area contributed by atoms with Crippen LogP contribution in [-0.2, 0) is 0 Å². The van der Waals surface area contributed by atoms with Crippen LogP contribution in [0.1, 0.15) is 19.8 Å². The van der Waals surface area contributed by atoms with Crippen LogP contribution in [0.2, 0.25) is 0 Å². The van der Waals surface area contributed by atoms with E-state index >= 15 is 0 Å². The lowest BCUT2D eigenvalue weighted by Crippen LogP contribution is -2.31. The van der Waals surface area contributed by atoms with Gasteiger partial charge in [0.05, 0.1) is 0 Å². The molecular formula is C8H8Cl6. The third kappa shape index (κ3) is 2.99. The number of hydrogen-bond donors (Lipinski definition) is 0. The van der Waals surface area contributed by atoms with Gasteiger partial charge in [0.25, 0.3) is 0 Å². The van der Waals surface area contributed by atoms with Gasteiger partial charge in [-0.1, -0.05) is 75.2 Å². The van der Waals surface area contributed by atoms with Crippen molar-refractivity contribution in [2.75, 3.05) is 0 Å². The quantitative estimate of drug-likeness (QED) is 0.411. The molecule has 0 aromatic heterocycles. The van der Waals surface area contributed by atoms with Gasteiger partial charge in [0.15, 0.2) is 3.79 Å². The van der Waals surface area contributed by atoms with Crippen LogP contribution in [-0.4, -0.2) is 7.59 Å². The molecule has 0 radical (unpaired) electrons. The molecule has 82 valence electrons. The van der Waals surface area contributed by atoms with Gasteiger partial charge in [-0.2, -0.15) is 0 Å². The molecular weight excluding hydrogens is 309 g/mol. The highest BCUT2D eigenvalue weighted by molar-refractivity contribution is 6.70. The van der Waals surface area contributed by atoms with Gasteiger partial charge >= 0.3 is 0 Å². The van der Waals surface area contributed by atoms with E-state index in [1.54, 1.807) is 6.92 Å². The Labute approximate surface area is 113 Å². The summed E-state index contributed by atoms with van der Waals surface area (Å²) in [7, 11) is 0. The van der Waals surface area contributed by atoms with Gasteiger partial charge in [-0.3, -0.25) is 0 Å². The Bertz CT molecular complexity index is 256. The number of allylic oxidation sites excluding steroid dienone is 2. The summed E-state index contributed by atoms with van der Waals surface area (Å²) in [4.78, 5) is 0. The highest BCUT2D eigenvalue weighted by Crippen LogP contribution is 2.53. The van der Waals surface area contributed by atoms with Gasteiger partial charge in [0.1, 0.15) is 0 Å². The van der Waals surface area contributed by atoms with Crippen molar-refractivity contribution in [2.24, 2.45) is 5.92 Å². The molecule has 1 aliphatic carbocycles. The average Bonchev–Trinajstić information content (AvgIpc) is 1.77. The third-order valence-electron chi connectivity index (χ3n) is 2.42. The van der Waals surface area contributed by atoms with Crippen LogP contribution in [0.3, 0.4) is 0 Å². The zero-order valence-electron chi connectivity index (χ0n) is 7.26. The maximum atomic E-state index is 5.79. The van der Waals surface area contributed by atoms with E-state index in [0.717, 1.165) is 18.4 Å². The van der Waals surface area contributed by atoms with E-state index in [1.165, 1.54) is 0 Å². The maximum Gasteiger partial charge on any atom is 0.212 e. The minimum absolute atomic E-state index is 0.122. The van der Waals surface area contributed by atoms with E-state index in [1.807, 2.05) is 0 Å². The van der Waals surface area contributed by atoms with Crippen molar-refractivity contribution in [2.45, 2.75) is 27.4 Å². The SMILES string of the molecule is CC(=C1CCC1C(Cl)(Cl)Cl)C(Cl)(Cl)Cl. The Balaban J connectivity index is 2.91. The second kappa shape index (κ2) is 4.39. The fourth-order valence-corrected chi connectivity index (χ4v) is 2.51. The molecule has 0 heterocycles. The summed E-state index contributed by atoms with van der Waals surface area (Å²) in [6.45, 7) is 1.75. The highest BCUT2D eigenvalue weighted by Gasteiger charge is 2.43. The first kappa shape index (κ1) is 13.5. The smallest absolute Gasteiger partial charge is 0.0830 e. The summed E-state index contributed by atoms with van der Waals surface area (Å²) in [5.74, 6) is -0.122. The first-order chi connectivity index (χ1) is 6.14. The second-order valence-corrected chi connectivity index (χ2v) is 7.93. The topological polar surface area (TPSA) is 0 Å². The first-order valence-electron chi connectivity index (χ1n) is 3.97. The van der Waals surface area contributed by atoms with Crippen molar-refractivity contribution < 1.29 is 0 Å². The monoisotopic (exact) mass is 314 g/mol. The fourth-order valence-electron chi connectivity index (χ4n) is 1.43. The molecule has 1 atom stereocenters. The predicted molar refractivity (Wildman–Crippen MR) is 66.0 cm³/mol. The standard InChI is InChI=1S/C8H8Cl6/c1-4(7(9,10)11)5-2-3-6(5)8(12,13)14/h6H,2-3H2,1H3. The minimum atomic E-state index is -1.40. The lowest BCUT2D eigenvalue weighted by atomic mass is 9.78. The van der Waals surface area contributed by atoms with Crippen LogP contribution >= 0.6 is 69.6 Å². The lowest BCUT2D eigenvalue weighted by Gasteiger charge is -2.38. The molecule has 0 aromatic rings. The highest BCUT2D eigenvalue weighted by atomic mass is 35.6. The van der Waals surface area contributed by atoms with E-state index in [4.69, 9.17) is 69.6 Å². The molecule has 1 aliphatic rings. The van der Waals surface area contributed by atoms with E-state index < -0.39 is 7.59 Å². The van der Waals surface area contributed by atoms with Gasteiger partial charge in [-0.15, -0.1) is 0 Å². The Morgan fingerprint density at radius 2 is 1.64 bits per heavy atom. The van der Waals surface area contributed by atoms with Gasteiger partial charge in [-0.05, 0) is 25.3 Å². The zero-order chi connectivity index (χ0) is 11.1. The molecule has 14 heavy (non-hydrogen) atoms. The normalized spacial score (nSPS) is 27.2. The molecule has 1 fully saturated rings. The lowest BCUT2D eigenvalue weighted by molar-refractivity contribution is 0.443. The number of halogens is 6. The molecule has 0 bridgehead atoms. The molecule has 1 saturated carbocycles. The maximum absolute atomic E-state index is 5.79. The number of rotatable bonds is 0.